The van der Waals surface area contributed by atoms with Gasteiger partial charge in [0.25, 0.3) is 0 Å². The summed E-state index contributed by atoms with van der Waals surface area (Å²) in [5.41, 5.74) is 0.712. The lowest BCUT2D eigenvalue weighted by atomic mass is 9.85. The molecule has 2 aliphatic rings. The van der Waals surface area contributed by atoms with Gasteiger partial charge in [0.15, 0.2) is 0 Å². The monoisotopic (exact) mass is 447 g/mol. The quantitative estimate of drug-likeness (QED) is 0.464. The van der Waals surface area contributed by atoms with Crippen LogP contribution in [0.1, 0.15) is 38.7 Å². The standard InChI is InChI=1S/C22H29N3O5S/c1-14(2)12-19(25-21(27)17-6-4-5-7-18(17)22(25)28)20(26)24-13-15-8-10-16(11-9-15)31(29,30)23-3/h4-5,8-11,14,17-19,23H,6-7,12-13H2,1-3H3,(H,24,26). The van der Waals surface area contributed by atoms with E-state index in [1.165, 1.54) is 24.1 Å². The summed E-state index contributed by atoms with van der Waals surface area (Å²) in [6, 6.07) is 5.31. The van der Waals surface area contributed by atoms with E-state index < -0.39 is 16.1 Å². The van der Waals surface area contributed by atoms with Gasteiger partial charge < -0.3 is 5.32 Å². The van der Waals surface area contributed by atoms with Crippen LogP contribution < -0.4 is 10.0 Å². The van der Waals surface area contributed by atoms with Gasteiger partial charge in [-0.15, -0.1) is 0 Å². The van der Waals surface area contributed by atoms with E-state index >= 15 is 0 Å². The second kappa shape index (κ2) is 9.32. The first-order valence-corrected chi connectivity index (χ1v) is 12.0. The highest BCUT2D eigenvalue weighted by molar-refractivity contribution is 7.89. The molecule has 1 aliphatic carbocycles. The number of fused-ring (bicyclic) bond motifs is 1. The highest BCUT2D eigenvalue weighted by atomic mass is 32.2. The number of imide groups is 1. The van der Waals surface area contributed by atoms with E-state index in [1.54, 1.807) is 12.1 Å². The van der Waals surface area contributed by atoms with E-state index in [1.807, 2.05) is 26.0 Å². The molecule has 1 fully saturated rings. The molecule has 1 saturated heterocycles. The molecule has 168 valence electrons. The molecule has 0 bridgehead atoms. The minimum absolute atomic E-state index is 0.114. The van der Waals surface area contributed by atoms with Crippen LogP contribution in [0.4, 0.5) is 0 Å². The van der Waals surface area contributed by atoms with E-state index in [4.69, 9.17) is 0 Å². The van der Waals surface area contributed by atoms with E-state index in [2.05, 4.69) is 10.0 Å². The lowest BCUT2D eigenvalue weighted by Crippen LogP contribution is -2.50. The summed E-state index contributed by atoms with van der Waals surface area (Å²) < 4.78 is 25.9. The summed E-state index contributed by atoms with van der Waals surface area (Å²) in [7, 11) is -2.19. The number of hydrogen-bond donors (Lipinski definition) is 2. The zero-order valence-corrected chi connectivity index (χ0v) is 18.8. The summed E-state index contributed by atoms with van der Waals surface area (Å²) >= 11 is 0. The van der Waals surface area contributed by atoms with Crippen LogP contribution in [0.15, 0.2) is 41.3 Å². The number of benzene rings is 1. The maximum atomic E-state index is 13.0. The van der Waals surface area contributed by atoms with Crippen LogP contribution in [-0.4, -0.2) is 44.1 Å². The Hall–Kier alpha value is -2.52. The van der Waals surface area contributed by atoms with Gasteiger partial charge in [0.05, 0.1) is 16.7 Å². The third kappa shape index (κ3) is 4.88. The number of amides is 3. The Morgan fingerprint density at radius 2 is 1.61 bits per heavy atom. The van der Waals surface area contributed by atoms with Crippen molar-refractivity contribution in [3.8, 4) is 0 Å². The molecule has 0 radical (unpaired) electrons. The molecule has 8 nitrogen and oxygen atoms in total. The molecule has 3 amide bonds. The lowest BCUT2D eigenvalue weighted by molar-refractivity contribution is -0.148. The summed E-state index contributed by atoms with van der Waals surface area (Å²) in [4.78, 5) is 40.2. The fourth-order valence-electron chi connectivity index (χ4n) is 4.12. The zero-order valence-electron chi connectivity index (χ0n) is 18.0. The average molecular weight is 448 g/mol. The second-order valence-corrected chi connectivity index (χ2v) is 10.3. The second-order valence-electron chi connectivity index (χ2n) is 8.42. The van der Waals surface area contributed by atoms with E-state index in [-0.39, 0.29) is 46.9 Å². The number of rotatable bonds is 8. The van der Waals surface area contributed by atoms with Gasteiger partial charge in [0, 0.05) is 6.54 Å². The van der Waals surface area contributed by atoms with Crippen LogP contribution in [0.2, 0.25) is 0 Å². The fourth-order valence-corrected chi connectivity index (χ4v) is 4.85. The Morgan fingerprint density at radius 3 is 2.10 bits per heavy atom. The van der Waals surface area contributed by atoms with Gasteiger partial charge in [0.2, 0.25) is 27.7 Å². The third-order valence-electron chi connectivity index (χ3n) is 5.82. The normalized spacial score (nSPS) is 22.0. The van der Waals surface area contributed by atoms with Crippen molar-refractivity contribution in [3.63, 3.8) is 0 Å². The van der Waals surface area contributed by atoms with Crippen molar-refractivity contribution >= 4 is 27.7 Å². The average Bonchev–Trinajstić information content (AvgIpc) is 3.01. The molecule has 1 aromatic carbocycles. The molecule has 31 heavy (non-hydrogen) atoms. The van der Waals surface area contributed by atoms with Gasteiger partial charge >= 0.3 is 0 Å². The van der Waals surface area contributed by atoms with Gasteiger partial charge in [-0.3, -0.25) is 19.3 Å². The number of allylic oxidation sites excluding steroid dienone is 2. The fraction of sp³-hybridized carbons (Fsp3) is 0.500. The first kappa shape index (κ1) is 23.1. The summed E-state index contributed by atoms with van der Waals surface area (Å²) in [6.07, 6.45) is 5.29. The maximum Gasteiger partial charge on any atom is 0.243 e. The number of hydrogen-bond acceptors (Lipinski definition) is 5. The molecule has 3 rings (SSSR count). The lowest BCUT2D eigenvalue weighted by Gasteiger charge is -2.27. The first-order chi connectivity index (χ1) is 14.7. The van der Waals surface area contributed by atoms with Crippen molar-refractivity contribution in [2.45, 2.75) is 50.6 Å². The molecule has 1 aliphatic heterocycles. The molecule has 3 atom stereocenters. The Bertz CT molecular complexity index is 959. The Labute approximate surface area is 183 Å². The Morgan fingerprint density at radius 1 is 1.06 bits per heavy atom. The van der Waals surface area contributed by atoms with Gasteiger partial charge in [-0.25, -0.2) is 13.1 Å². The number of sulfonamides is 1. The summed E-state index contributed by atoms with van der Waals surface area (Å²) in [6.45, 7) is 4.06. The van der Waals surface area contributed by atoms with Gasteiger partial charge in [-0.05, 0) is 49.9 Å². The third-order valence-corrected chi connectivity index (χ3v) is 7.25. The van der Waals surface area contributed by atoms with Crippen molar-refractivity contribution in [2.24, 2.45) is 17.8 Å². The summed E-state index contributed by atoms with van der Waals surface area (Å²) in [5.74, 6) is -1.54. The molecule has 2 N–H and O–H groups in total. The molecule has 9 heteroatoms. The van der Waals surface area contributed by atoms with Crippen LogP contribution in [0.3, 0.4) is 0 Å². The van der Waals surface area contributed by atoms with Crippen LogP contribution >= 0.6 is 0 Å². The Kier molecular flexibility index (Phi) is 6.96. The van der Waals surface area contributed by atoms with Crippen molar-refractivity contribution in [1.82, 2.24) is 14.9 Å². The number of likely N-dealkylation sites (tertiary alicyclic amines) is 1. The molecule has 0 saturated carbocycles. The van der Waals surface area contributed by atoms with Crippen LogP contribution in [0.25, 0.3) is 0 Å². The van der Waals surface area contributed by atoms with Crippen molar-refractivity contribution in [1.29, 1.82) is 0 Å². The number of carbonyl (C=O) groups is 3. The first-order valence-electron chi connectivity index (χ1n) is 10.5. The minimum Gasteiger partial charge on any atom is -0.350 e. The van der Waals surface area contributed by atoms with Gasteiger partial charge in [-0.1, -0.05) is 38.1 Å². The molecule has 3 unspecified atom stereocenters. The summed E-state index contributed by atoms with van der Waals surface area (Å²) in [5, 5.41) is 2.81. The zero-order chi connectivity index (χ0) is 22.8. The largest absolute Gasteiger partial charge is 0.350 e. The van der Waals surface area contributed by atoms with Crippen LogP contribution in [0.5, 0.6) is 0 Å². The van der Waals surface area contributed by atoms with Crippen molar-refractivity contribution in [2.75, 3.05) is 7.05 Å². The van der Waals surface area contributed by atoms with Crippen molar-refractivity contribution in [3.05, 3.63) is 42.0 Å². The minimum atomic E-state index is -3.53. The van der Waals surface area contributed by atoms with Crippen molar-refractivity contribution < 1.29 is 22.8 Å². The van der Waals surface area contributed by atoms with Crippen LogP contribution in [-0.2, 0) is 31.0 Å². The topological polar surface area (TPSA) is 113 Å². The number of nitrogens with one attached hydrogen (secondary N) is 2. The van der Waals surface area contributed by atoms with Gasteiger partial charge in [0.1, 0.15) is 6.04 Å². The predicted octanol–water partition coefficient (Wildman–Crippen LogP) is 1.58. The molecular weight excluding hydrogens is 418 g/mol. The van der Waals surface area contributed by atoms with E-state index in [9.17, 15) is 22.8 Å². The Balaban J connectivity index is 1.72. The smallest absolute Gasteiger partial charge is 0.243 e. The van der Waals surface area contributed by atoms with Gasteiger partial charge in [-0.2, -0.15) is 0 Å². The SMILES string of the molecule is CNS(=O)(=O)c1ccc(CNC(=O)C(CC(C)C)N2C(=O)C3CC=CCC3C2=O)cc1. The highest BCUT2D eigenvalue weighted by Gasteiger charge is 2.51. The number of nitrogens with zero attached hydrogens (tertiary/aromatic N) is 1. The molecular formula is C22H29N3O5S. The molecule has 1 aromatic rings. The molecule has 0 spiro atoms. The van der Waals surface area contributed by atoms with E-state index in [0.29, 0.717) is 24.8 Å². The van der Waals surface area contributed by atoms with E-state index in [0.717, 1.165) is 0 Å². The maximum absolute atomic E-state index is 13.0. The molecule has 0 aromatic heterocycles. The van der Waals surface area contributed by atoms with Crippen LogP contribution in [0, 0.1) is 17.8 Å². The predicted molar refractivity (Wildman–Crippen MR) is 115 cm³/mol. The number of carbonyl (C=O) groups excluding carboxylic acids is 3. The molecule has 1 heterocycles. The highest BCUT2D eigenvalue weighted by Crippen LogP contribution is 2.37.